The van der Waals surface area contributed by atoms with Crippen LogP contribution in [0.1, 0.15) is 56.6 Å². The number of imide groups is 1. The van der Waals surface area contributed by atoms with Gasteiger partial charge in [-0.05, 0) is 42.7 Å². The molecule has 4 rings (SSSR count). The van der Waals surface area contributed by atoms with Crippen molar-refractivity contribution in [2.45, 2.75) is 58.0 Å². The third-order valence-electron chi connectivity index (χ3n) is 6.02. The van der Waals surface area contributed by atoms with E-state index >= 15 is 0 Å². The van der Waals surface area contributed by atoms with Crippen LogP contribution in [-0.4, -0.2) is 34.3 Å². The number of hydrogen-bond acceptors (Lipinski definition) is 3. The molecule has 0 radical (unpaired) electrons. The van der Waals surface area contributed by atoms with Gasteiger partial charge < -0.3 is 0 Å². The zero-order valence-electron chi connectivity index (χ0n) is 15.7. The fourth-order valence-corrected chi connectivity index (χ4v) is 4.17. The lowest BCUT2D eigenvalue weighted by Crippen LogP contribution is -2.42. The van der Waals surface area contributed by atoms with E-state index in [1.165, 1.54) is 16.0 Å². The molecule has 26 heavy (non-hydrogen) atoms. The second kappa shape index (κ2) is 6.99. The number of nitrogens with zero attached hydrogens (tertiary/aromatic N) is 2. The summed E-state index contributed by atoms with van der Waals surface area (Å²) in [6, 6.07) is 9.25. The van der Waals surface area contributed by atoms with Gasteiger partial charge in [0.05, 0.1) is 18.5 Å². The lowest BCUT2D eigenvalue weighted by molar-refractivity contribution is -0.142. The van der Waals surface area contributed by atoms with E-state index in [9.17, 15) is 9.59 Å². The first-order chi connectivity index (χ1) is 12.5. The molecule has 0 aromatic heterocycles. The normalized spacial score (nSPS) is 25.5. The highest BCUT2D eigenvalue weighted by Crippen LogP contribution is 2.36. The Morgan fingerprint density at radius 2 is 1.58 bits per heavy atom. The molecule has 1 aromatic carbocycles. The summed E-state index contributed by atoms with van der Waals surface area (Å²) < 4.78 is 0. The molecule has 2 fully saturated rings. The third kappa shape index (κ3) is 3.35. The molecule has 2 aliphatic carbocycles. The SMILES string of the molecule is CC(C)c1ccc(CN(CN2C(=O)[C@H]3CC=CC[C@@H]3C2=O)C2CC2)cc1. The monoisotopic (exact) mass is 352 g/mol. The van der Waals surface area contributed by atoms with Gasteiger partial charge in [0, 0.05) is 12.6 Å². The first-order valence-electron chi connectivity index (χ1n) is 9.87. The Bertz CT molecular complexity index is 692. The molecule has 1 heterocycles. The van der Waals surface area contributed by atoms with Crippen molar-refractivity contribution in [1.82, 2.24) is 9.80 Å². The molecule has 1 aliphatic heterocycles. The van der Waals surface area contributed by atoms with E-state index in [2.05, 4.69) is 43.0 Å². The lowest BCUT2D eigenvalue weighted by atomic mass is 9.85. The molecule has 4 heteroatoms. The van der Waals surface area contributed by atoms with Crippen LogP contribution in [0.2, 0.25) is 0 Å². The Kier molecular flexibility index (Phi) is 4.70. The van der Waals surface area contributed by atoms with E-state index in [1.807, 2.05) is 12.2 Å². The number of carbonyl (C=O) groups excluding carboxylic acids is 2. The highest BCUT2D eigenvalue weighted by molar-refractivity contribution is 6.05. The van der Waals surface area contributed by atoms with E-state index in [0.717, 1.165) is 19.4 Å². The first kappa shape index (κ1) is 17.5. The standard InChI is InChI=1S/C22H28N2O2/c1-15(2)17-9-7-16(8-10-17)13-23(18-11-12-18)14-24-21(25)19-5-3-4-6-20(19)22(24)26/h3-4,7-10,15,18-20H,5-6,11-14H2,1-2H3/t19-,20-/m0/s1. The Balaban J connectivity index is 1.46. The van der Waals surface area contributed by atoms with Gasteiger partial charge in [0.1, 0.15) is 0 Å². The van der Waals surface area contributed by atoms with Gasteiger partial charge in [-0.3, -0.25) is 19.4 Å². The van der Waals surface area contributed by atoms with Crippen LogP contribution in [0, 0.1) is 11.8 Å². The molecule has 2 amide bonds. The number of carbonyl (C=O) groups is 2. The summed E-state index contributed by atoms with van der Waals surface area (Å²) in [5.41, 5.74) is 2.59. The highest BCUT2D eigenvalue weighted by atomic mass is 16.2. The maximum absolute atomic E-state index is 12.7. The summed E-state index contributed by atoms with van der Waals surface area (Å²) in [4.78, 5) is 29.3. The van der Waals surface area contributed by atoms with Crippen molar-refractivity contribution in [2.75, 3.05) is 6.67 Å². The van der Waals surface area contributed by atoms with E-state index in [1.54, 1.807) is 0 Å². The second-order valence-corrected chi connectivity index (χ2v) is 8.28. The van der Waals surface area contributed by atoms with E-state index in [0.29, 0.717) is 31.5 Å². The highest BCUT2D eigenvalue weighted by Gasteiger charge is 2.48. The molecule has 2 atom stereocenters. The zero-order chi connectivity index (χ0) is 18.3. The van der Waals surface area contributed by atoms with Gasteiger partial charge in [-0.15, -0.1) is 0 Å². The molecule has 0 spiro atoms. The Morgan fingerprint density at radius 3 is 2.08 bits per heavy atom. The topological polar surface area (TPSA) is 40.6 Å². The molecule has 138 valence electrons. The molecule has 1 saturated carbocycles. The van der Waals surface area contributed by atoms with Crippen molar-refractivity contribution in [3.05, 3.63) is 47.5 Å². The molecule has 1 saturated heterocycles. The third-order valence-corrected chi connectivity index (χ3v) is 6.02. The number of hydrogen-bond donors (Lipinski definition) is 0. The fraction of sp³-hybridized carbons (Fsp3) is 0.545. The molecular formula is C22H28N2O2. The van der Waals surface area contributed by atoms with E-state index in [4.69, 9.17) is 0 Å². The van der Waals surface area contributed by atoms with Gasteiger partial charge in [-0.25, -0.2) is 0 Å². The van der Waals surface area contributed by atoms with Gasteiger partial charge in [0.2, 0.25) is 11.8 Å². The smallest absolute Gasteiger partial charge is 0.234 e. The quantitative estimate of drug-likeness (QED) is 0.579. The molecule has 0 N–H and O–H groups in total. The van der Waals surface area contributed by atoms with Crippen LogP contribution >= 0.6 is 0 Å². The molecule has 0 bridgehead atoms. The van der Waals surface area contributed by atoms with E-state index in [-0.39, 0.29) is 23.7 Å². The molecule has 4 nitrogen and oxygen atoms in total. The van der Waals surface area contributed by atoms with Gasteiger partial charge in [0.15, 0.2) is 0 Å². The number of allylic oxidation sites excluding steroid dienone is 2. The van der Waals surface area contributed by atoms with Crippen LogP contribution in [0.5, 0.6) is 0 Å². The minimum absolute atomic E-state index is 0.0326. The molecule has 1 aromatic rings. The Labute approximate surface area is 155 Å². The van der Waals surface area contributed by atoms with Gasteiger partial charge in [-0.1, -0.05) is 50.3 Å². The van der Waals surface area contributed by atoms with Crippen molar-refractivity contribution < 1.29 is 9.59 Å². The van der Waals surface area contributed by atoms with Crippen molar-refractivity contribution in [3.63, 3.8) is 0 Å². The summed E-state index contributed by atoms with van der Waals surface area (Å²) in [5, 5.41) is 0. The largest absolute Gasteiger partial charge is 0.278 e. The molecule has 0 unspecified atom stereocenters. The van der Waals surface area contributed by atoms with Gasteiger partial charge >= 0.3 is 0 Å². The average Bonchev–Trinajstić information content (AvgIpc) is 3.46. The summed E-state index contributed by atoms with van der Waals surface area (Å²) in [6.45, 7) is 5.64. The first-order valence-corrected chi connectivity index (χ1v) is 9.87. The van der Waals surface area contributed by atoms with Crippen LogP contribution < -0.4 is 0 Å². The van der Waals surface area contributed by atoms with Gasteiger partial charge in [0.25, 0.3) is 0 Å². The summed E-state index contributed by atoms with van der Waals surface area (Å²) in [5.74, 6) is 0.341. The van der Waals surface area contributed by atoms with Crippen LogP contribution in [0.3, 0.4) is 0 Å². The predicted octanol–water partition coefficient (Wildman–Crippen LogP) is 3.68. The number of fused-ring (bicyclic) bond motifs is 1. The minimum atomic E-state index is -0.126. The number of rotatable bonds is 6. The van der Waals surface area contributed by atoms with Crippen LogP contribution in [0.25, 0.3) is 0 Å². The summed E-state index contributed by atoms with van der Waals surface area (Å²) in [7, 11) is 0. The van der Waals surface area contributed by atoms with Crippen molar-refractivity contribution in [1.29, 1.82) is 0 Å². The van der Waals surface area contributed by atoms with E-state index < -0.39 is 0 Å². The van der Waals surface area contributed by atoms with Crippen LogP contribution in [0.4, 0.5) is 0 Å². The number of benzene rings is 1. The summed E-state index contributed by atoms with van der Waals surface area (Å²) >= 11 is 0. The fourth-order valence-electron chi connectivity index (χ4n) is 4.17. The predicted molar refractivity (Wildman–Crippen MR) is 101 cm³/mol. The number of likely N-dealkylation sites (tertiary alicyclic amines) is 1. The Hall–Kier alpha value is -1.94. The summed E-state index contributed by atoms with van der Waals surface area (Å²) in [6.07, 6.45) is 7.84. The van der Waals surface area contributed by atoms with Crippen LogP contribution in [0.15, 0.2) is 36.4 Å². The Morgan fingerprint density at radius 1 is 1.00 bits per heavy atom. The van der Waals surface area contributed by atoms with Crippen molar-refractivity contribution in [3.8, 4) is 0 Å². The minimum Gasteiger partial charge on any atom is -0.278 e. The maximum atomic E-state index is 12.7. The maximum Gasteiger partial charge on any atom is 0.234 e. The zero-order valence-corrected chi connectivity index (χ0v) is 15.7. The lowest BCUT2D eigenvalue weighted by Gasteiger charge is -2.27. The second-order valence-electron chi connectivity index (χ2n) is 8.28. The number of amides is 2. The van der Waals surface area contributed by atoms with Crippen molar-refractivity contribution >= 4 is 11.8 Å². The average molecular weight is 352 g/mol. The molecule has 3 aliphatic rings. The van der Waals surface area contributed by atoms with Crippen LogP contribution in [-0.2, 0) is 16.1 Å². The molecular weight excluding hydrogens is 324 g/mol. The van der Waals surface area contributed by atoms with Gasteiger partial charge in [-0.2, -0.15) is 0 Å². The van der Waals surface area contributed by atoms with Crippen molar-refractivity contribution in [2.24, 2.45) is 11.8 Å².